The van der Waals surface area contributed by atoms with E-state index >= 15 is 0 Å². The maximum Gasteiger partial charge on any atom is 0.257 e. The summed E-state index contributed by atoms with van der Waals surface area (Å²) in [6.45, 7) is 0.172. The fraction of sp³-hybridized carbons (Fsp3) is 0.158. The summed E-state index contributed by atoms with van der Waals surface area (Å²) in [6, 6.07) is 11.5. The van der Waals surface area contributed by atoms with Crippen LogP contribution in [0.3, 0.4) is 0 Å². The molecule has 0 saturated heterocycles. The molecule has 0 atom stereocenters. The Morgan fingerprint density at radius 2 is 1.96 bits per heavy atom. The van der Waals surface area contributed by atoms with Crippen LogP contribution >= 0.6 is 23.1 Å². The van der Waals surface area contributed by atoms with E-state index in [4.69, 9.17) is 9.47 Å². The number of carbonyl (C=O) groups is 1. The number of carbonyl (C=O) groups excluding carboxylic acids is 1. The number of hydrogen-bond acceptors (Lipinski definition) is 6. The van der Waals surface area contributed by atoms with Crippen molar-refractivity contribution in [3.63, 3.8) is 0 Å². The van der Waals surface area contributed by atoms with Crippen LogP contribution in [0.4, 0.5) is 9.52 Å². The molecule has 1 aliphatic rings. The van der Waals surface area contributed by atoms with Crippen LogP contribution in [0.1, 0.15) is 21.6 Å². The molecular weight excluding hydrogens is 387 g/mol. The minimum absolute atomic E-state index is 0.172. The molecule has 27 heavy (non-hydrogen) atoms. The molecule has 2 aromatic carbocycles. The van der Waals surface area contributed by atoms with Gasteiger partial charge in [-0.15, -0.1) is 11.3 Å². The second-order valence-electron chi connectivity index (χ2n) is 5.79. The summed E-state index contributed by atoms with van der Waals surface area (Å²) >= 11 is 3.07. The van der Waals surface area contributed by atoms with Gasteiger partial charge in [0.2, 0.25) is 6.79 Å². The summed E-state index contributed by atoms with van der Waals surface area (Å²) in [5.41, 5.74) is 2.45. The Morgan fingerprint density at radius 1 is 1.15 bits per heavy atom. The number of thioether (sulfide) groups is 1. The molecule has 2 heterocycles. The molecule has 5 nitrogen and oxygen atoms in total. The van der Waals surface area contributed by atoms with Crippen molar-refractivity contribution in [3.05, 3.63) is 70.5 Å². The van der Waals surface area contributed by atoms with Crippen LogP contribution in [0, 0.1) is 5.82 Å². The molecule has 4 rings (SSSR count). The van der Waals surface area contributed by atoms with Crippen LogP contribution in [-0.2, 0) is 11.5 Å². The van der Waals surface area contributed by atoms with E-state index in [9.17, 15) is 9.18 Å². The summed E-state index contributed by atoms with van der Waals surface area (Å²) in [4.78, 5) is 16.8. The molecule has 0 fully saturated rings. The number of nitrogens with one attached hydrogen (secondary N) is 1. The van der Waals surface area contributed by atoms with Crippen LogP contribution in [-0.4, -0.2) is 17.7 Å². The zero-order valence-electron chi connectivity index (χ0n) is 14.1. The summed E-state index contributed by atoms with van der Waals surface area (Å²) in [5, 5.41) is 5.28. The van der Waals surface area contributed by atoms with E-state index in [0.717, 1.165) is 17.0 Å². The second-order valence-corrected chi connectivity index (χ2v) is 7.63. The van der Waals surface area contributed by atoms with E-state index < -0.39 is 0 Å². The standard InChI is InChI=1S/C19H15FN2O3S2/c20-14-4-1-12(2-5-14)8-26-9-15-10-27-19(21-15)22-18(23)13-3-6-16-17(7-13)25-11-24-16/h1-7,10H,8-9,11H2,(H,21,22,23). The highest BCUT2D eigenvalue weighted by molar-refractivity contribution is 7.97. The number of rotatable bonds is 6. The monoisotopic (exact) mass is 402 g/mol. The van der Waals surface area contributed by atoms with E-state index in [2.05, 4.69) is 10.3 Å². The minimum atomic E-state index is -0.242. The fourth-order valence-corrected chi connectivity index (χ4v) is 4.19. The summed E-state index contributed by atoms with van der Waals surface area (Å²) < 4.78 is 23.4. The van der Waals surface area contributed by atoms with Gasteiger partial charge in [-0.2, -0.15) is 11.8 Å². The van der Waals surface area contributed by atoms with Gasteiger partial charge >= 0.3 is 0 Å². The van der Waals surface area contributed by atoms with Crippen molar-refractivity contribution in [2.24, 2.45) is 0 Å². The third-order valence-corrected chi connectivity index (χ3v) is 5.68. The average Bonchev–Trinajstić information content (AvgIpc) is 3.32. The summed E-state index contributed by atoms with van der Waals surface area (Å²) in [5.74, 6) is 2.23. The quantitative estimate of drug-likeness (QED) is 0.648. The van der Waals surface area contributed by atoms with Gasteiger partial charge in [0.05, 0.1) is 5.69 Å². The predicted octanol–water partition coefficient (Wildman–Crippen LogP) is 4.70. The number of fused-ring (bicyclic) bond motifs is 1. The molecule has 0 unspecified atom stereocenters. The third kappa shape index (κ3) is 4.40. The molecule has 1 amide bonds. The number of nitrogens with zero attached hydrogens (tertiary/aromatic N) is 1. The van der Waals surface area contributed by atoms with Gasteiger partial charge in [-0.25, -0.2) is 9.37 Å². The van der Waals surface area contributed by atoms with E-state index in [1.807, 2.05) is 5.38 Å². The largest absolute Gasteiger partial charge is 0.454 e. The zero-order valence-corrected chi connectivity index (χ0v) is 15.7. The molecule has 3 aromatic rings. The Hall–Kier alpha value is -2.58. The lowest BCUT2D eigenvalue weighted by molar-refractivity contribution is 0.102. The number of hydrogen-bond donors (Lipinski definition) is 1. The highest BCUT2D eigenvalue weighted by Crippen LogP contribution is 2.32. The van der Waals surface area contributed by atoms with Gasteiger partial charge in [-0.3, -0.25) is 10.1 Å². The Labute approximate surface area is 163 Å². The molecule has 8 heteroatoms. The SMILES string of the molecule is O=C(Nc1nc(CSCc2ccc(F)cc2)cs1)c1ccc2c(c1)OCO2. The van der Waals surface area contributed by atoms with E-state index in [1.54, 1.807) is 42.1 Å². The Kier molecular flexibility index (Phi) is 5.26. The lowest BCUT2D eigenvalue weighted by Crippen LogP contribution is -2.11. The lowest BCUT2D eigenvalue weighted by Gasteiger charge is -2.03. The van der Waals surface area contributed by atoms with Crippen molar-refractivity contribution in [1.29, 1.82) is 0 Å². The number of amides is 1. The highest BCUT2D eigenvalue weighted by atomic mass is 32.2. The van der Waals surface area contributed by atoms with Crippen LogP contribution < -0.4 is 14.8 Å². The number of ether oxygens (including phenoxy) is 2. The molecule has 0 bridgehead atoms. The molecule has 0 saturated carbocycles. The van der Waals surface area contributed by atoms with Crippen LogP contribution in [0.15, 0.2) is 47.8 Å². The number of thiazole rings is 1. The Morgan fingerprint density at radius 3 is 2.81 bits per heavy atom. The minimum Gasteiger partial charge on any atom is -0.454 e. The first kappa shape index (κ1) is 17.8. The van der Waals surface area contributed by atoms with Gasteiger partial charge in [0.25, 0.3) is 5.91 Å². The number of halogens is 1. The van der Waals surface area contributed by atoms with E-state index in [-0.39, 0.29) is 18.5 Å². The summed E-state index contributed by atoms with van der Waals surface area (Å²) in [7, 11) is 0. The second kappa shape index (κ2) is 7.98. The first-order valence-electron chi connectivity index (χ1n) is 8.15. The number of benzene rings is 2. The van der Waals surface area contributed by atoms with Gasteiger partial charge < -0.3 is 9.47 Å². The predicted molar refractivity (Wildman–Crippen MR) is 104 cm³/mol. The van der Waals surface area contributed by atoms with E-state index in [1.165, 1.54) is 23.5 Å². The topological polar surface area (TPSA) is 60.5 Å². The molecule has 1 N–H and O–H groups in total. The Bertz CT molecular complexity index is 960. The van der Waals surface area contributed by atoms with Crippen LogP contribution in [0.25, 0.3) is 0 Å². The third-order valence-electron chi connectivity index (χ3n) is 3.84. The first-order valence-corrected chi connectivity index (χ1v) is 10.2. The van der Waals surface area contributed by atoms with Gasteiger partial charge in [-0.05, 0) is 35.9 Å². The van der Waals surface area contributed by atoms with Crippen LogP contribution in [0.5, 0.6) is 11.5 Å². The Balaban J connectivity index is 1.31. The molecular formula is C19H15FN2O3S2. The zero-order chi connectivity index (χ0) is 18.6. The van der Waals surface area contributed by atoms with Gasteiger partial charge in [-0.1, -0.05) is 12.1 Å². The van der Waals surface area contributed by atoms with Gasteiger partial charge in [0, 0.05) is 22.4 Å². The lowest BCUT2D eigenvalue weighted by atomic mass is 10.2. The first-order chi connectivity index (χ1) is 13.2. The fourth-order valence-electron chi connectivity index (χ4n) is 2.49. The van der Waals surface area contributed by atoms with Gasteiger partial charge in [0.1, 0.15) is 5.82 Å². The van der Waals surface area contributed by atoms with E-state index in [0.29, 0.717) is 27.9 Å². The molecule has 138 valence electrons. The normalized spacial score (nSPS) is 12.2. The maximum atomic E-state index is 12.9. The number of aromatic nitrogens is 1. The van der Waals surface area contributed by atoms with Crippen molar-refractivity contribution in [1.82, 2.24) is 4.98 Å². The molecule has 1 aliphatic heterocycles. The number of anilines is 1. The van der Waals surface area contributed by atoms with Crippen molar-refractivity contribution in [3.8, 4) is 11.5 Å². The van der Waals surface area contributed by atoms with Crippen molar-refractivity contribution >= 4 is 34.1 Å². The highest BCUT2D eigenvalue weighted by Gasteiger charge is 2.17. The molecule has 0 spiro atoms. The molecule has 0 radical (unpaired) electrons. The summed E-state index contributed by atoms with van der Waals surface area (Å²) in [6.07, 6.45) is 0. The molecule has 1 aromatic heterocycles. The van der Waals surface area contributed by atoms with Crippen molar-refractivity contribution < 1.29 is 18.7 Å². The smallest absolute Gasteiger partial charge is 0.257 e. The van der Waals surface area contributed by atoms with Gasteiger partial charge in [0.15, 0.2) is 16.6 Å². The van der Waals surface area contributed by atoms with Crippen molar-refractivity contribution in [2.45, 2.75) is 11.5 Å². The van der Waals surface area contributed by atoms with Crippen LogP contribution in [0.2, 0.25) is 0 Å². The van der Waals surface area contributed by atoms with Crippen molar-refractivity contribution in [2.75, 3.05) is 12.1 Å². The average molecular weight is 402 g/mol. The molecule has 0 aliphatic carbocycles. The maximum absolute atomic E-state index is 12.9.